The molecule has 2 aromatic carbocycles. The second kappa shape index (κ2) is 7.00. The van der Waals surface area contributed by atoms with E-state index in [1.54, 1.807) is 6.21 Å². The molecule has 0 bridgehead atoms. The van der Waals surface area contributed by atoms with Crippen LogP contribution in [-0.4, -0.2) is 28.8 Å². The summed E-state index contributed by atoms with van der Waals surface area (Å²) in [5, 5.41) is 0. The fourth-order valence-corrected chi connectivity index (χ4v) is 3.18. The molecule has 0 saturated heterocycles. The summed E-state index contributed by atoms with van der Waals surface area (Å²) in [7, 11) is 0. The quantitative estimate of drug-likeness (QED) is 0.750. The number of guanidine groups is 1. The minimum atomic E-state index is -0.307. The van der Waals surface area contributed by atoms with Gasteiger partial charge in [0, 0.05) is 23.5 Å². The molecule has 0 fully saturated rings. The van der Waals surface area contributed by atoms with Crippen molar-refractivity contribution in [2.75, 3.05) is 0 Å². The van der Waals surface area contributed by atoms with Crippen LogP contribution in [0.4, 0.5) is 0 Å². The van der Waals surface area contributed by atoms with Gasteiger partial charge in [-0.2, -0.15) is 9.98 Å². The second-order valence-corrected chi connectivity index (χ2v) is 7.88. The highest BCUT2D eigenvalue weighted by molar-refractivity contribution is 6.15. The number of fused-ring (bicyclic) bond motifs is 2. The molecule has 5 heteroatoms. The van der Waals surface area contributed by atoms with Gasteiger partial charge in [0.05, 0.1) is 6.54 Å². The van der Waals surface area contributed by atoms with Crippen molar-refractivity contribution in [3.63, 3.8) is 0 Å². The SMILES string of the molecule is CC(C)(C)c1ccc(C(=O)N=C2N=C3N=CC=CN3Cc3ccccc32)cc1. The van der Waals surface area contributed by atoms with Crippen molar-refractivity contribution >= 4 is 23.9 Å². The Labute approximate surface area is 164 Å². The molecular weight excluding hydrogens is 348 g/mol. The Morgan fingerprint density at radius 2 is 1.82 bits per heavy atom. The maximum atomic E-state index is 12.8. The lowest BCUT2D eigenvalue weighted by molar-refractivity contribution is 0.100. The molecule has 0 unspecified atom stereocenters. The highest BCUT2D eigenvalue weighted by Gasteiger charge is 2.22. The molecule has 4 rings (SSSR count). The molecule has 0 N–H and O–H groups in total. The van der Waals surface area contributed by atoms with Gasteiger partial charge in [0.15, 0.2) is 5.84 Å². The lowest BCUT2D eigenvalue weighted by Crippen LogP contribution is -2.25. The number of carbonyl (C=O) groups excluding carboxylic acids is 1. The monoisotopic (exact) mass is 370 g/mol. The Balaban J connectivity index is 1.73. The van der Waals surface area contributed by atoms with Crippen LogP contribution < -0.4 is 0 Å². The van der Waals surface area contributed by atoms with Crippen molar-refractivity contribution in [2.45, 2.75) is 32.7 Å². The van der Waals surface area contributed by atoms with Crippen molar-refractivity contribution in [2.24, 2.45) is 15.0 Å². The van der Waals surface area contributed by atoms with E-state index in [0.717, 1.165) is 11.1 Å². The minimum Gasteiger partial charge on any atom is -0.313 e. The summed E-state index contributed by atoms with van der Waals surface area (Å²) < 4.78 is 0. The molecule has 0 radical (unpaired) electrons. The maximum absolute atomic E-state index is 12.8. The lowest BCUT2D eigenvalue weighted by Gasteiger charge is -2.19. The van der Waals surface area contributed by atoms with Crippen LogP contribution in [0.3, 0.4) is 0 Å². The Bertz CT molecular complexity index is 1040. The molecule has 2 heterocycles. The van der Waals surface area contributed by atoms with Crippen LogP contribution in [0.25, 0.3) is 0 Å². The highest BCUT2D eigenvalue weighted by Crippen LogP contribution is 2.23. The zero-order valence-electron chi connectivity index (χ0n) is 16.3. The van der Waals surface area contributed by atoms with Crippen LogP contribution in [0.15, 0.2) is 75.8 Å². The maximum Gasteiger partial charge on any atom is 0.279 e. The molecule has 1 amide bonds. The molecular formula is C23H22N4O. The van der Waals surface area contributed by atoms with E-state index in [0.29, 0.717) is 23.9 Å². The van der Waals surface area contributed by atoms with Gasteiger partial charge in [0.1, 0.15) is 0 Å². The van der Waals surface area contributed by atoms with Gasteiger partial charge < -0.3 is 4.90 Å². The number of hydrogen-bond acceptors (Lipinski definition) is 3. The fraction of sp³-hybridized carbons (Fsp3) is 0.217. The van der Waals surface area contributed by atoms with Gasteiger partial charge in [-0.05, 0) is 34.8 Å². The van der Waals surface area contributed by atoms with Crippen LogP contribution >= 0.6 is 0 Å². The number of aliphatic imine (C=N–C) groups is 3. The largest absolute Gasteiger partial charge is 0.313 e. The third kappa shape index (κ3) is 3.56. The third-order valence-corrected chi connectivity index (χ3v) is 4.81. The molecule has 5 nitrogen and oxygen atoms in total. The molecule has 0 spiro atoms. The summed E-state index contributed by atoms with van der Waals surface area (Å²) in [4.78, 5) is 28.1. The second-order valence-electron chi connectivity index (χ2n) is 7.88. The smallest absolute Gasteiger partial charge is 0.279 e. The van der Waals surface area contributed by atoms with E-state index in [2.05, 4.69) is 35.7 Å². The summed E-state index contributed by atoms with van der Waals surface area (Å²) in [5.74, 6) is 0.622. The van der Waals surface area contributed by atoms with Gasteiger partial charge >= 0.3 is 0 Å². The van der Waals surface area contributed by atoms with Gasteiger partial charge in [-0.15, -0.1) is 0 Å². The number of amidine groups is 1. The molecule has 2 aromatic rings. The van der Waals surface area contributed by atoms with E-state index >= 15 is 0 Å². The molecule has 2 aliphatic rings. The first-order valence-corrected chi connectivity index (χ1v) is 9.30. The predicted molar refractivity (Wildman–Crippen MR) is 113 cm³/mol. The first-order chi connectivity index (χ1) is 13.4. The average molecular weight is 370 g/mol. The number of carbonyl (C=O) groups is 1. The van der Waals surface area contributed by atoms with E-state index in [1.807, 2.05) is 65.7 Å². The lowest BCUT2D eigenvalue weighted by atomic mass is 9.87. The number of nitrogens with zero attached hydrogens (tertiary/aromatic N) is 4. The Hall–Kier alpha value is -3.34. The van der Waals surface area contributed by atoms with E-state index in [-0.39, 0.29) is 11.3 Å². The first kappa shape index (κ1) is 18.0. The summed E-state index contributed by atoms with van der Waals surface area (Å²) in [6.07, 6.45) is 5.49. The van der Waals surface area contributed by atoms with Gasteiger partial charge in [0.2, 0.25) is 5.96 Å². The van der Waals surface area contributed by atoms with E-state index < -0.39 is 0 Å². The fourth-order valence-electron chi connectivity index (χ4n) is 3.18. The van der Waals surface area contributed by atoms with Crippen LogP contribution in [0.2, 0.25) is 0 Å². The van der Waals surface area contributed by atoms with Crippen LogP contribution in [0, 0.1) is 0 Å². The van der Waals surface area contributed by atoms with Crippen molar-refractivity contribution in [3.05, 3.63) is 83.1 Å². The molecule has 28 heavy (non-hydrogen) atoms. The van der Waals surface area contributed by atoms with Crippen molar-refractivity contribution in [1.82, 2.24) is 4.90 Å². The van der Waals surface area contributed by atoms with Gasteiger partial charge in [-0.3, -0.25) is 4.79 Å². The molecule has 140 valence electrons. The zero-order valence-corrected chi connectivity index (χ0v) is 16.3. The highest BCUT2D eigenvalue weighted by atomic mass is 16.1. The van der Waals surface area contributed by atoms with Crippen LogP contribution in [0.1, 0.15) is 47.8 Å². The van der Waals surface area contributed by atoms with Gasteiger partial charge in [-0.25, -0.2) is 4.99 Å². The number of allylic oxidation sites excluding steroid dienone is 1. The van der Waals surface area contributed by atoms with Crippen molar-refractivity contribution < 1.29 is 4.79 Å². The van der Waals surface area contributed by atoms with E-state index in [9.17, 15) is 4.79 Å². The Morgan fingerprint density at radius 3 is 2.57 bits per heavy atom. The number of hydrogen-bond donors (Lipinski definition) is 0. The van der Waals surface area contributed by atoms with E-state index in [4.69, 9.17) is 0 Å². The normalized spacial score (nSPS) is 17.0. The molecule has 2 aliphatic heterocycles. The van der Waals surface area contributed by atoms with Gasteiger partial charge in [-0.1, -0.05) is 57.2 Å². The van der Waals surface area contributed by atoms with Gasteiger partial charge in [0.25, 0.3) is 5.91 Å². The summed E-state index contributed by atoms with van der Waals surface area (Å²) in [6, 6.07) is 15.5. The molecule has 0 aliphatic carbocycles. The number of amides is 1. The number of benzene rings is 2. The first-order valence-electron chi connectivity index (χ1n) is 9.30. The predicted octanol–water partition coefficient (Wildman–Crippen LogP) is 4.34. The van der Waals surface area contributed by atoms with Crippen LogP contribution in [-0.2, 0) is 12.0 Å². The topological polar surface area (TPSA) is 57.4 Å². The average Bonchev–Trinajstić information content (AvgIpc) is 2.84. The number of rotatable bonds is 1. The minimum absolute atomic E-state index is 0.0373. The van der Waals surface area contributed by atoms with E-state index in [1.165, 1.54) is 5.56 Å². The molecule has 0 atom stereocenters. The molecule has 0 saturated carbocycles. The van der Waals surface area contributed by atoms with Crippen molar-refractivity contribution in [1.29, 1.82) is 0 Å². The third-order valence-electron chi connectivity index (χ3n) is 4.81. The zero-order chi connectivity index (χ0) is 19.7. The Kier molecular flexibility index (Phi) is 4.51. The standard InChI is InChI=1S/C23H22N4O/c1-23(2,3)18-11-9-16(10-12-18)21(28)25-20-19-8-5-4-7-17(19)15-27-14-6-13-24-22(27)26-20/h4-14H,15H2,1-3H3. The summed E-state index contributed by atoms with van der Waals surface area (Å²) >= 11 is 0. The summed E-state index contributed by atoms with van der Waals surface area (Å²) in [6.45, 7) is 7.07. The van der Waals surface area contributed by atoms with Crippen LogP contribution in [0.5, 0.6) is 0 Å². The van der Waals surface area contributed by atoms with Crippen molar-refractivity contribution in [3.8, 4) is 0 Å². The summed E-state index contributed by atoms with van der Waals surface area (Å²) in [5.41, 5.74) is 3.67. The molecule has 0 aromatic heterocycles. The Morgan fingerprint density at radius 1 is 1.07 bits per heavy atom.